The lowest BCUT2D eigenvalue weighted by molar-refractivity contribution is -0.120. The van der Waals surface area contributed by atoms with Crippen LogP contribution < -0.4 is 16.0 Å². The number of nitrogens with two attached hydrogens (primary N) is 1. The van der Waals surface area contributed by atoms with E-state index < -0.39 is 17.4 Å². The lowest BCUT2D eigenvalue weighted by Crippen LogP contribution is -2.49. The minimum Gasteiger partial charge on any atom is -0.507 e. The van der Waals surface area contributed by atoms with Crippen LogP contribution in [-0.2, 0) is 10.2 Å². The molecular weight excluding hydrogens is 286 g/mol. The van der Waals surface area contributed by atoms with Crippen molar-refractivity contribution in [3.05, 3.63) is 23.3 Å². The van der Waals surface area contributed by atoms with Crippen LogP contribution in [0.1, 0.15) is 43.1 Å². The smallest absolute Gasteiger partial charge is 0.328 e. The number of phenols is 1. The first-order chi connectivity index (χ1) is 10.1. The first-order valence-electron chi connectivity index (χ1n) is 6.90. The van der Waals surface area contributed by atoms with Crippen LogP contribution in [0.25, 0.3) is 0 Å². The minimum absolute atomic E-state index is 0.0490. The van der Waals surface area contributed by atoms with E-state index in [1.807, 2.05) is 20.8 Å². The summed E-state index contributed by atoms with van der Waals surface area (Å²) >= 11 is 0. The van der Waals surface area contributed by atoms with Gasteiger partial charge in [0.15, 0.2) is 0 Å². The SMILES string of the molecule is CC(C)(C)c1cc(N2CCC(=O)NC2=O)cc(C(N)=O)c1O. The zero-order chi connectivity index (χ0) is 16.7. The van der Waals surface area contributed by atoms with E-state index in [0.29, 0.717) is 11.3 Å². The van der Waals surface area contributed by atoms with Crippen molar-refractivity contribution in [3.8, 4) is 5.75 Å². The molecule has 7 nitrogen and oxygen atoms in total. The molecule has 1 heterocycles. The van der Waals surface area contributed by atoms with E-state index in [4.69, 9.17) is 5.73 Å². The van der Waals surface area contributed by atoms with Crippen LogP contribution in [-0.4, -0.2) is 29.5 Å². The van der Waals surface area contributed by atoms with Gasteiger partial charge in [-0.15, -0.1) is 0 Å². The van der Waals surface area contributed by atoms with E-state index in [9.17, 15) is 19.5 Å². The minimum atomic E-state index is -0.779. The Labute approximate surface area is 128 Å². The summed E-state index contributed by atoms with van der Waals surface area (Å²) in [5.74, 6) is -1.30. The Morgan fingerprint density at radius 3 is 2.45 bits per heavy atom. The van der Waals surface area contributed by atoms with Crippen LogP contribution in [0.5, 0.6) is 5.75 Å². The van der Waals surface area contributed by atoms with Crippen LogP contribution in [0.2, 0.25) is 0 Å². The van der Waals surface area contributed by atoms with Gasteiger partial charge in [0.05, 0.1) is 5.56 Å². The van der Waals surface area contributed by atoms with Crippen LogP contribution >= 0.6 is 0 Å². The second-order valence-electron chi connectivity index (χ2n) is 6.26. The Bertz CT molecular complexity index is 661. The van der Waals surface area contributed by atoms with Crippen LogP contribution in [0.3, 0.4) is 0 Å². The van der Waals surface area contributed by atoms with Crippen molar-refractivity contribution in [2.45, 2.75) is 32.6 Å². The number of imide groups is 1. The van der Waals surface area contributed by atoms with Gasteiger partial charge >= 0.3 is 6.03 Å². The van der Waals surface area contributed by atoms with Gasteiger partial charge in [-0.3, -0.25) is 19.8 Å². The third-order valence-corrected chi connectivity index (χ3v) is 3.53. The lowest BCUT2D eigenvalue weighted by Gasteiger charge is -2.29. The number of urea groups is 1. The van der Waals surface area contributed by atoms with Crippen molar-refractivity contribution in [3.63, 3.8) is 0 Å². The third-order valence-electron chi connectivity index (χ3n) is 3.53. The molecule has 0 unspecified atom stereocenters. The average Bonchev–Trinajstić information content (AvgIpc) is 2.37. The molecule has 0 aliphatic carbocycles. The standard InChI is InChI=1S/C15H19N3O4/c1-15(2,3)10-7-8(6-9(12(10)20)13(16)21)18-5-4-11(19)17-14(18)22/h6-7,20H,4-5H2,1-3H3,(H2,16,21)(H,17,19,22). The second kappa shape index (κ2) is 5.32. The number of carbonyl (C=O) groups is 3. The molecule has 1 fully saturated rings. The zero-order valence-corrected chi connectivity index (χ0v) is 12.8. The summed E-state index contributed by atoms with van der Waals surface area (Å²) in [6.07, 6.45) is 0.170. The van der Waals surface area contributed by atoms with Gasteiger partial charge in [0, 0.05) is 24.2 Å². The van der Waals surface area contributed by atoms with E-state index in [0.717, 1.165) is 0 Å². The zero-order valence-electron chi connectivity index (χ0n) is 12.8. The van der Waals surface area contributed by atoms with E-state index in [2.05, 4.69) is 5.32 Å². The molecule has 0 saturated carbocycles. The Morgan fingerprint density at radius 2 is 1.95 bits per heavy atom. The van der Waals surface area contributed by atoms with Gasteiger partial charge in [0.2, 0.25) is 5.91 Å². The number of aromatic hydroxyl groups is 1. The highest BCUT2D eigenvalue weighted by Crippen LogP contribution is 2.37. The molecular formula is C15H19N3O4. The second-order valence-corrected chi connectivity index (χ2v) is 6.26. The maximum atomic E-state index is 11.9. The van der Waals surface area contributed by atoms with Crippen molar-refractivity contribution < 1.29 is 19.5 Å². The summed E-state index contributed by atoms with van der Waals surface area (Å²) in [5.41, 5.74) is 5.73. The van der Waals surface area contributed by atoms with Gasteiger partial charge in [-0.1, -0.05) is 20.8 Å². The topological polar surface area (TPSA) is 113 Å². The van der Waals surface area contributed by atoms with Gasteiger partial charge < -0.3 is 10.8 Å². The fraction of sp³-hybridized carbons (Fsp3) is 0.400. The first-order valence-corrected chi connectivity index (χ1v) is 6.90. The van der Waals surface area contributed by atoms with Crippen molar-refractivity contribution >= 4 is 23.5 Å². The molecule has 0 radical (unpaired) electrons. The number of primary amides is 1. The van der Waals surface area contributed by atoms with Crippen molar-refractivity contribution in [2.75, 3.05) is 11.4 Å². The molecule has 4 amide bonds. The Kier molecular flexibility index (Phi) is 3.83. The van der Waals surface area contributed by atoms with Gasteiger partial charge in [-0.05, 0) is 17.5 Å². The van der Waals surface area contributed by atoms with Crippen molar-refractivity contribution in [1.29, 1.82) is 0 Å². The molecule has 2 rings (SSSR count). The first kappa shape index (κ1) is 15.8. The molecule has 0 aromatic heterocycles. The van der Waals surface area contributed by atoms with E-state index >= 15 is 0 Å². The van der Waals surface area contributed by atoms with Crippen LogP contribution in [0.4, 0.5) is 10.5 Å². The summed E-state index contributed by atoms with van der Waals surface area (Å²) in [6.45, 7) is 5.82. The fourth-order valence-electron chi connectivity index (χ4n) is 2.35. The molecule has 4 N–H and O–H groups in total. The fourth-order valence-corrected chi connectivity index (χ4v) is 2.35. The molecule has 0 spiro atoms. The van der Waals surface area contributed by atoms with Gasteiger partial charge in [0.1, 0.15) is 5.75 Å². The largest absolute Gasteiger partial charge is 0.507 e. The van der Waals surface area contributed by atoms with Crippen LogP contribution in [0.15, 0.2) is 12.1 Å². The summed E-state index contributed by atoms with van der Waals surface area (Å²) in [5, 5.41) is 12.5. The van der Waals surface area contributed by atoms with Crippen LogP contribution in [0, 0.1) is 0 Å². The van der Waals surface area contributed by atoms with Crippen molar-refractivity contribution in [2.24, 2.45) is 5.73 Å². The highest BCUT2D eigenvalue weighted by molar-refractivity contribution is 6.06. The number of hydrogen-bond acceptors (Lipinski definition) is 4. The highest BCUT2D eigenvalue weighted by Gasteiger charge is 2.29. The monoisotopic (exact) mass is 305 g/mol. The number of anilines is 1. The molecule has 118 valence electrons. The van der Waals surface area contributed by atoms with E-state index in [1.165, 1.54) is 11.0 Å². The van der Waals surface area contributed by atoms with E-state index in [-0.39, 0.29) is 30.2 Å². The maximum absolute atomic E-state index is 11.9. The number of benzene rings is 1. The number of rotatable bonds is 2. The molecule has 22 heavy (non-hydrogen) atoms. The normalized spacial score (nSPS) is 15.7. The molecule has 1 aliphatic heterocycles. The number of amides is 4. The molecule has 0 atom stereocenters. The summed E-state index contributed by atoms with van der Waals surface area (Å²) in [6, 6.07) is 2.44. The number of hydrogen-bond donors (Lipinski definition) is 3. The third kappa shape index (κ3) is 2.88. The molecule has 0 bridgehead atoms. The van der Waals surface area contributed by atoms with Crippen molar-refractivity contribution in [1.82, 2.24) is 5.32 Å². The number of carbonyl (C=O) groups excluding carboxylic acids is 3. The quantitative estimate of drug-likeness (QED) is 0.762. The van der Waals surface area contributed by atoms with E-state index in [1.54, 1.807) is 6.07 Å². The summed E-state index contributed by atoms with van der Waals surface area (Å²) in [7, 11) is 0. The van der Waals surface area contributed by atoms with Gasteiger partial charge in [-0.25, -0.2) is 4.79 Å². The molecule has 1 aromatic rings. The predicted molar refractivity (Wildman–Crippen MR) is 80.8 cm³/mol. The van der Waals surface area contributed by atoms with Gasteiger partial charge in [0.25, 0.3) is 5.91 Å². The Balaban J connectivity index is 2.57. The highest BCUT2D eigenvalue weighted by atomic mass is 16.3. The molecule has 1 aromatic carbocycles. The Hall–Kier alpha value is -2.57. The number of nitrogens with one attached hydrogen (secondary N) is 1. The summed E-state index contributed by atoms with van der Waals surface area (Å²) in [4.78, 5) is 36.1. The lowest BCUT2D eigenvalue weighted by atomic mass is 9.84. The maximum Gasteiger partial charge on any atom is 0.328 e. The predicted octanol–water partition coefficient (Wildman–Crippen LogP) is 1.23. The average molecular weight is 305 g/mol. The molecule has 1 saturated heterocycles. The number of nitrogens with zero attached hydrogens (tertiary/aromatic N) is 1. The molecule has 1 aliphatic rings. The summed E-state index contributed by atoms with van der Waals surface area (Å²) < 4.78 is 0. The Morgan fingerprint density at radius 1 is 1.32 bits per heavy atom. The molecule has 7 heteroatoms. The van der Waals surface area contributed by atoms with Gasteiger partial charge in [-0.2, -0.15) is 0 Å².